The Labute approximate surface area is 184 Å². The molecule has 15 heteroatoms. The number of aliphatic hydroxyl groups is 1. The molecule has 0 aromatic carbocycles. The second-order valence-electron chi connectivity index (χ2n) is 6.73. The summed E-state index contributed by atoms with van der Waals surface area (Å²) in [6.07, 6.45) is -9.30. The summed E-state index contributed by atoms with van der Waals surface area (Å²) in [6, 6.07) is 0.484. The Morgan fingerprint density at radius 2 is 1.53 bits per heavy atom. The van der Waals surface area contributed by atoms with E-state index in [1.807, 2.05) is 11.3 Å². The Hall–Kier alpha value is -1.97. The number of carboxylic acid groups (broad SMARTS) is 2. The van der Waals surface area contributed by atoms with E-state index in [1.165, 1.54) is 10.6 Å². The van der Waals surface area contributed by atoms with Crippen LogP contribution in [0.1, 0.15) is 22.0 Å². The summed E-state index contributed by atoms with van der Waals surface area (Å²) in [5, 5.41) is 24.5. The van der Waals surface area contributed by atoms with Crippen LogP contribution in [0.3, 0.4) is 0 Å². The molecule has 0 spiro atoms. The van der Waals surface area contributed by atoms with Crippen molar-refractivity contribution in [3.63, 3.8) is 0 Å². The molecule has 32 heavy (non-hydrogen) atoms. The lowest BCUT2D eigenvalue weighted by Gasteiger charge is -2.39. The Morgan fingerprint density at radius 3 is 1.88 bits per heavy atom. The van der Waals surface area contributed by atoms with Gasteiger partial charge in [0.2, 0.25) is 0 Å². The van der Waals surface area contributed by atoms with Crippen LogP contribution in [0.2, 0.25) is 0 Å². The molecule has 0 saturated carbocycles. The van der Waals surface area contributed by atoms with Crippen LogP contribution in [0, 0.1) is 13.8 Å². The third-order valence-corrected chi connectivity index (χ3v) is 5.23. The number of rotatable bonds is 4. The van der Waals surface area contributed by atoms with Crippen LogP contribution in [0.25, 0.3) is 0 Å². The van der Waals surface area contributed by atoms with Crippen molar-refractivity contribution < 1.29 is 51.3 Å². The van der Waals surface area contributed by atoms with Gasteiger partial charge in [0.05, 0.1) is 10.7 Å². The molecular weight excluding hydrogens is 472 g/mol. The van der Waals surface area contributed by atoms with Gasteiger partial charge in [0.15, 0.2) is 0 Å². The first kappa shape index (κ1) is 30.0. The molecule has 0 amide bonds. The van der Waals surface area contributed by atoms with Gasteiger partial charge in [-0.05, 0) is 27.3 Å². The smallest absolute Gasteiger partial charge is 0.475 e. The van der Waals surface area contributed by atoms with Crippen molar-refractivity contribution in [2.45, 2.75) is 45.2 Å². The first-order valence-electron chi connectivity index (χ1n) is 9.05. The largest absolute Gasteiger partial charge is 0.490 e. The summed E-state index contributed by atoms with van der Waals surface area (Å²) in [4.78, 5) is 28.5. The van der Waals surface area contributed by atoms with E-state index >= 15 is 0 Å². The summed E-state index contributed by atoms with van der Waals surface area (Å²) in [5.74, 6) is -5.51. The molecule has 3 N–H and O–H groups in total. The molecule has 8 nitrogen and oxygen atoms in total. The zero-order valence-corrected chi connectivity index (χ0v) is 18.3. The third kappa shape index (κ3) is 11.6. The van der Waals surface area contributed by atoms with Gasteiger partial charge in [0.25, 0.3) is 0 Å². The van der Waals surface area contributed by atoms with Crippen LogP contribution >= 0.6 is 11.3 Å². The van der Waals surface area contributed by atoms with E-state index in [2.05, 4.69) is 35.7 Å². The molecule has 1 aromatic rings. The molecule has 0 bridgehead atoms. The van der Waals surface area contributed by atoms with Gasteiger partial charge in [-0.3, -0.25) is 4.90 Å². The number of thiazole rings is 1. The van der Waals surface area contributed by atoms with Gasteiger partial charge in [0, 0.05) is 43.7 Å². The second kappa shape index (κ2) is 12.9. The van der Waals surface area contributed by atoms with Crippen molar-refractivity contribution in [1.82, 2.24) is 14.8 Å². The highest BCUT2D eigenvalue weighted by atomic mass is 32.1. The highest BCUT2D eigenvalue weighted by Gasteiger charge is 2.38. The monoisotopic (exact) mass is 497 g/mol. The first-order chi connectivity index (χ1) is 14.5. The van der Waals surface area contributed by atoms with E-state index < -0.39 is 24.3 Å². The lowest BCUT2D eigenvalue weighted by molar-refractivity contribution is -0.193. The predicted octanol–water partition coefficient (Wildman–Crippen LogP) is 2.52. The predicted molar refractivity (Wildman–Crippen MR) is 102 cm³/mol. The van der Waals surface area contributed by atoms with Crippen molar-refractivity contribution in [2.24, 2.45) is 0 Å². The standard InChI is InChI=1S/C13H23N3OS.2C2HF3O2/c1-10-13(18-11(2)14-10)9-16-6-5-15(3)12(8-16)4-7-17;2*3-2(4,5)1(6)7/h12,17H,4-9H2,1-3H3;2*(H,6,7). The molecule has 0 radical (unpaired) electrons. The normalized spacial score (nSPS) is 17.6. The van der Waals surface area contributed by atoms with Crippen LogP contribution in [0.5, 0.6) is 0 Å². The van der Waals surface area contributed by atoms with Crippen LogP contribution in [-0.2, 0) is 16.1 Å². The Morgan fingerprint density at radius 1 is 1.06 bits per heavy atom. The number of halogens is 6. The average molecular weight is 497 g/mol. The van der Waals surface area contributed by atoms with Gasteiger partial charge < -0.3 is 20.2 Å². The van der Waals surface area contributed by atoms with Crippen LogP contribution < -0.4 is 0 Å². The molecule has 1 fully saturated rings. The quantitative estimate of drug-likeness (QED) is 0.544. The fraction of sp³-hybridized carbons (Fsp3) is 0.706. The average Bonchev–Trinajstić information content (AvgIpc) is 2.94. The topological polar surface area (TPSA) is 114 Å². The molecule has 1 aliphatic heterocycles. The van der Waals surface area contributed by atoms with E-state index in [0.29, 0.717) is 6.04 Å². The Balaban J connectivity index is 0.000000570. The SMILES string of the molecule is Cc1nc(C)c(CN2CCN(C)C(CCO)C2)s1.O=C(O)C(F)(F)F.O=C(O)C(F)(F)F. The number of aromatic nitrogens is 1. The number of carbonyl (C=O) groups is 2. The van der Waals surface area contributed by atoms with Gasteiger partial charge in [-0.1, -0.05) is 0 Å². The van der Waals surface area contributed by atoms with Gasteiger partial charge >= 0.3 is 24.3 Å². The minimum atomic E-state index is -5.08. The molecule has 1 saturated heterocycles. The Bertz CT molecular complexity index is 717. The maximum Gasteiger partial charge on any atom is 0.490 e. The van der Waals surface area contributed by atoms with E-state index in [9.17, 15) is 26.3 Å². The lowest BCUT2D eigenvalue weighted by Crippen LogP contribution is -2.51. The highest BCUT2D eigenvalue weighted by molar-refractivity contribution is 7.11. The van der Waals surface area contributed by atoms with Gasteiger partial charge in [-0.15, -0.1) is 11.3 Å². The molecule has 1 aromatic heterocycles. The molecule has 1 unspecified atom stereocenters. The number of carboxylic acids is 2. The summed E-state index contributed by atoms with van der Waals surface area (Å²) >= 11 is 1.81. The first-order valence-corrected chi connectivity index (χ1v) is 9.87. The number of alkyl halides is 6. The fourth-order valence-electron chi connectivity index (χ4n) is 2.54. The van der Waals surface area contributed by atoms with Gasteiger partial charge in [0.1, 0.15) is 0 Å². The third-order valence-electron chi connectivity index (χ3n) is 4.18. The Kier molecular flexibility index (Phi) is 12.1. The number of piperazine rings is 1. The minimum Gasteiger partial charge on any atom is -0.475 e. The van der Waals surface area contributed by atoms with Crippen LogP contribution in [0.4, 0.5) is 26.3 Å². The number of nitrogens with zero attached hydrogens (tertiary/aromatic N) is 3. The molecule has 1 atom stereocenters. The molecule has 186 valence electrons. The van der Waals surface area contributed by atoms with Crippen molar-refractivity contribution in [3.05, 3.63) is 15.6 Å². The van der Waals surface area contributed by atoms with E-state index in [4.69, 9.17) is 24.9 Å². The minimum absolute atomic E-state index is 0.279. The highest BCUT2D eigenvalue weighted by Crippen LogP contribution is 2.21. The molecule has 1 aliphatic rings. The molecular formula is C17H25F6N3O5S. The summed E-state index contributed by atoms with van der Waals surface area (Å²) in [6.45, 7) is 8.69. The number of aliphatic carboxylic acids is 2. The molecule has 2 rings (SSSR count). The van der Waals surface area contributed by atoms with E-state index in [-0.39, 0.29) is 6.61 Å². The van der Waals surface area contributed by atoms with Crippen molar-refractivity contribution in [1.29, 1.82) is 0 Å². The maximum absolute atomic E-state index is 10.6. The lowest BCUT2D eigenvalue weighted by atomic mass is 10.1. The summed E-state index contributed by atoms with van der Waals surface area (Å²) in [7, 11) is 2.15. The molecule has 0 aliphatic carbocycles. The fourth-order valence-corrected chi connectivity index (χ4v) is 3.52. The van der Waals surface area contributed by atoms with E-state index in [1.54, 1.807) is 0 Å². The number of hydrogen-bond donors (Lipinski definition) is 3. The zero-order valence-electron chi connectivity index (χ0n) is 17.5. The van der Waals surface area contributed by atoms with Crippen LogP contribution in [0.15, 0.2) is 0 Å². The van der Waals surface area contributed by atoms with Gasteiger partial charge in [-0.25, -0.2) is 14.6 Å². The number of hydrogen-bond acceptors (Lipinski definition) is 7. The number of aliphatic hydroxyl groups excluding tert-OH is 1. The van der Waals surface area contributed by atoms with Crippen molar-refractivity contribution >= 4 is 23.3 Å². The second-order valence-corrected chi connectivity index (χ2v) is 8.02. The maximum atomic E-state index is 10.6. The molecule has 2 heterocycles. The number of likely N-dealkylation sites (N-methyl/N-ethyl adjacent to an activating group) is 1. The van der Waals surface area contributed by atoms with Crippen molar-refractivity contribution in [3.8, 4) is 0 Å². The van der Waals surface area contributed by atoms with Gasteiger partial charge in [-0.2, -0.15) is 26.3 Å². The van der Waals surface area contributed by atoms with Crippen molar-refractivity contribution in [2.75, 3.05) is 33.3 Å². The number of aryl methyl sites for hydroxylation is 2. The summed E-state index contributed by atoms with van der Waals surface area (Å²) in [5.41, 5.74) is 1.18. The zero-order chi connectivity index (χ0) is 25.3. The van der Waals surface area contributed by atoms with Crippen LogP contribution in [-0.4, -0.2) is 93.7 Å². The van der Waals surface area contributed by atoms with E-state index in [0.717, 1.165) is 37.6 Å². The summed E-state index contributed by atoms with van der Waals surface area (Å²) < 4.78 is 63.5.